The van der Waals surface area contributed by atoms with E-state index in [1.807, 2.05) is 6.20 Å². The van der Waals surface area contributed by atoms with Gasteiger partial charge in [-0.05, 0) is 43.4 Å². The summed E-state index contributed by atoms with van der Waals surface area (Å²) < 4.78 is 0. The molecule has 1 fully saturated rings. The smallest absolute Gasteiger partial charge is 0.177 e. The maximum Gasteiger partial charge on any atom is 0.177 e. The quantitative estimate of drug-likeness (QED) is 0.811. The summed E-state index contributed by atoms with van der Waals surface area (Å²) >= 11 is 0. The summed E-state index contributed by atoms with van der Waals surface area (Å²) in [4.78, 5) is 12.4. The first-order valence-electron chi connectivity index (χ1n) is 6.62. The van der Waals surface area contributed by atoms with Gasteiger partial charge in [-0.15, -0.1) is 0 Å². The minimum atomic E-state index is 0.237. The standard InChI is InChI=1S/C14H20N4/c1-9-7-10-12(16-8-9)18-13(17-10)11-14(2,3)5-4-6-15-11/h7-8,11,15H,4-6H2,1-3H3,(H,16,17,18). The Labute approximate surface area is 107 Å². The average Bonchev–Trinajstić information content (AvgIpc) is 2.70. The first-order valence-corrected chi connectivity index (χ1v) is 6.62. The predicted octanol–water partition coefficient (Wildman–Crippen LogP) is 2.72. The summed E-state index contributed by atoms with van der Waals surface area (Å²) in [6.07, 6.45) is 4.33. The fourth-order valence-electron chi connectivity index (χ4n) is 2.84. The molecule has 0 amide bonds. The minimum absolute atomic E-state index is 0.237. The molecule has 4 nitrogen and oxygen atoms in total. The minimum Gasteiger partial charge on any atom is -0.339 e. The molecule has 2 aromatic rings. The van der Waals surface area contributed by atoms with Gasteiger partial charge in [-0.1, -0.05) is 13.8 Å². The van der Waals surface area contributed by atoms with E-state index in [1.54, 1.807) is 0 Å². The van der Waals surface area contributed by atoms with E-state index in [0.717, 1.165) is 29.1 Å². The SMILES string of the molecule is Cc1cnc2nc(C3NCCCC3(C)C)[nH]c2c1. The molecule has 2 N–H and O–H groups in total. The van der Waals surface area contributed by atoms with Crippen LogP contribution < -0.4 is 5.32 Å². The fraction of sp³-hybridized carbons (Fsp3) is 0.571. The van der Waals surface area contributed by atoms with E-state index in [2.05, 4.69) is 47.1 Å². The van der Waals surface area contributed by atoms with Crippen LogP contribution in [0.3, 0.4) is 0 Å². The van der Waals surface area contributed by atoms with Crippen LogP contribution in [-0.4, -0.2) is 21.5 Å². The van der Waals surface area contributed by atoms with Crippen LogP contribution in [0.15, 0.2) is 12.3 Å². The normalized spacial score (nSPS) is 23.4. The molecule has 96 valence electrons. The molecule has 2 aromatic heterocycles. The van der Waals surface area contributed by atoms with Crippen LogP contribution >= 0.6 is 0 Å². The number of H-pyrrole nitrogens is 1. The van der Waals surface area contributed by atoms with Crippen LogP contribution in [0.2, 0.25) is 0 Å². The lowest BCUT2D eigenvalue weighted by Crippen LogP contribution is -2.40. The van der Waals surface area contributed by atoms with Crippen LogP contribution in [0.4, 0.5) is 0 Å². The van der Waals surface area contributed by atoms with E-state index < -0.39 is 0 Å². The molecule has 18 heavy (non-hydrogen) atoms. The molecule has 0 aromatic carbocycles. The molecule has 1 saturated heterocycles. The summed E-state index contributed by atoms with van der Waals surface area (Å²) in [5, 5.41) is 3.58. The Balaban J connectivity index is 2.03. The first kappa shape index (κ1) is 11.7. The monoisotopic (exact) mass is 244 g/mol. The van der Waals surface area contributed by atoms with Crippen molar-refractivity contribution in [2.24, 2.45) is 5.41 Å². The number of piperidine rings is 1. The van der Waals surface area contributed by atoms with Gasteiger partial charge in [0, 0.05) is 6.20 Å². The molecule has 0 aliphatic carbocycles. The number of nitrogens with one attached hydrogen (secondary N) is 2. The summed E-state index contributed by atoms with van der Waals surface area (Å²) in [6, 6.07) is 2.40. The Morgan fingerprint density at radius 2 is 2.22 bits per heavy atom. The topological polar surface area (TPSA) is 53.6 Å². The number of hydrogen-bond donors (Lipinski definition) is 2. The van der Waals surface area contributed by atoms with Gasteiger partial charge < -0.3 is 10.3 Å². The van der Waals surface area contributed by atoms with E-state index in [9.17, 15) is 0 Å². The third-order valence-electron chi connectivity index (χ3n) is 3.89. The second-order valence-electron chi connectivity index (χ2n) is 5.99. The van der Waals surface area contributed by atoms with Gasteiger partial charge in [0.05, 0.1) is 11.6 Å². The summed E-state index contributed by atoms with van der Waals surface area (Å²) in [5.74, 6) is 1.02. The Morgan fingerprint density at radius 3 is 3.00 bits per heavy atom. The zero-order chi connectivity index (χ0) is 12.8. The van der Waals surface area contributed by atoms with Crippen molar-refractivity contribution in [2.75, 3.05) is 6.54 Å². The molecular formula is C14H20N4. The van der Waals surface area contributed by atoms with Gasteiger partial charge in [-0.3, -0.25) is 0 Å². The maximum atomic E-state index is 4.64. The van der Waals surface area contributed by atoms with E-state index in [0.29, 0.717) is 6.04 Å². The van der Waals surface area contributed by atoms with E-state index >= 15 is 0 Å². The van der Waals surface area contributed by atoms with Crippen molar-refractivity contribution in [1.29, 1.82) is 0 Å². The van der Waals surface area contributed by atoms with Crippen molar-refractivity contribution in [3.63, 3.8) is 0 Å². The van der Waals surface area contributed by atoms with Gasteiger partial charge in [-0.25, -0.2) is 9.97 Å². The number of nitrogens with zero attached hydrogens (tertiary/aromatic N) is 2. The molecule has 4 heteroatoms. The Bertz CT molecular complexity index is 570. The van der Waals surface area contributed by atoms with Crippen LogP contribution in [0.5, 0.6) is 0 Å². The van der Waals surface area contributed by atoms with Crippen LogP contribution in [-0.2, 0) is 0 Å². The van der Waals surface area contributed by atoms with Gasteiger partial charge in [0.2, 0.25) is 0 Å². The average molecular weight is 244 g/mol. The van der Waals surface area contributed by atoms with Crippen LogP contribution in [0.1, 0.15) is 44.1 Å². The largest absolute Gasteiger partial charge is 0.339 e. The van der Waals surface area contributed by atoms with Crippen LogP contribution in [0, 0.1) is 12.3 Å². The number of aromatic amines is 1. The molecule has 1 atom stereocenters. The summed E-state index contributed by atoms with van der Waals surface area (Å²) in [7, 11) is 0. The molecule has 0 spiro atoms. The summed E-state index contributed by atoms with van der Waals surface area (Å²) in [5.41, 5.74) is 3.25. The highest BCUT2D eigenvalue weighted by Gasteiger charge is 2.35. The number of rotatable bonds is 1. The number of pyridine rings is 1. The molecule has 0 saturated carbocycles. The van der Waals surface area contributed by atoms with E-state index in [1.165, 1.54) is 12.8 Å². The van der Waals surface area contributed by atoms with Crippen molar-refractivity contribution in [3.05, 3.63) is 23.7 Å². The molecule has 0 radical (unpaired) electrons. The zero-order valence-corrected chi connectivity index (χ0v) is 11.2. The molecular weight excluding hydrogens is 224 g/mol. The first-order chi connectivity index (χ1) is 8.56. The third-order valence-corrected chi connectivity index (χ3v) is 3.89. The zero-order valence-electron chi connectivity index (χ0n) is 11.2. The Kier molecular flexibility index (Phi) is 2.63. The number of fused-ring (bicyclic) bond motifs is 1. The highest BCUT2D eigenvalue weighted by atomic mass is 15.1. The van der Waals surface area contributed by atoms with Gasteiger partial charge in [0.15, 0.2) is 5.65 Å². The molecule has 1 unspecified atom stereocenters. The van der Waals surface area contributed by atoms with E-state index in [-0.39, 0.29) is 5.41 Å². The Morgan fingerprint density at radius 1 is 1.39 bits per heavy atom. The maximum absolute atomic E-state index is 4.64. The van der Waals surface area contributed by atoms with Crippen molar-refractivity contribution < 1.29 is 0 Å². The van der Waals surface area contributed by atoms with Crippen molar-refractivity contribution in [1.82, 2.24) is 20.3 Å². The van der Waals surface area contributed by atoms with Gasteiger partial charge in [-0.2, -0.15) is 0 Å². The lowest BCUT2D eigenvalue weighted by molar-refractivity contribution is 0.175. The van der Waals surface area contributed by atoms with Crippen molar-refractivity contribution in [2.45, 2.75) is 39.7 Å². The number of aryl methyl sites for hydroxylation is 1. The Hall–Kier alpha value is -1.42. The van der Waals surface area contributed by atoms with Crippen molar-refractivity contribution >= 4 is 11.2 Å². The third kappa shape index (κ3) is 1.90. The number of hydrogen-bond acceptors (Lipinski definition) is 3. The molecule has 0 bridgehead atoms. The van der Waals surface area contributed by atoms with Crippen LogP contribution in [0.25, 0.3) is 11.2 Å². The molecule has 1 aliphatic rings. The number of imidazole rings is 1. The molecule has 3 heterocycles. The van der Waals surface area contributed by atoms with Gasteiger partial charge in [0.1, 0.15) is 5.82 Å². The molecule has 3 rings (SSSR count). The second-order valence-corrected chi connectivity index (χ2v) is 5.99. The predicted molar refractivity (Wildman–Crippen MR) is 72.4 cm³/mol. The molecule has 1 aliphatic heterocycles. The highest BCUT2D eigenvalue weighted by molar-refractivity contribution is 5.71. The summed E-state index contributed by atoms with van der Waals surface area (Å²) in [6.45, 7) is 7.72. The second kappa shape index (κ2) is 4.05. The van der Waals surface area contributed by atoms with Gasteiger partial charge in [0.25, 0.3) is 0 Å². The van der Waals surface area contributed by atoms with Crippen molar-refractivity contribution in [3.8, 4) is 0 Å². The lowest BCUT2D eigenvalue weighted by Gasteiger charge is -2.38. The fourth-order valence-corrected chi connectivity index (χ4v) is 2.84. The van der Waals surface area contributed by atoms with Gasteiger partial charge >= 0.3 is 0 Å². The number of aromatic nitrogens is 3. The van der Waals surface area contributed by atoms with E-state index in [4.69, 9.17) is 0 Å². The highest BCUT2D eigenvalue weighted by Crippen LogP contribution is 2.39. The lowest BCUT2D eigenvalue weighted by atomic mass is 9.77.